The largest absolute Gasteiger partial charge is 0.330 e. The van der Waals surface area contributed by atoms with Crippen LogP contribution in [0.4, 0.5) is 5.13 Å². The van der Waals surface area contributed by atoms with E-state index in [4.69, 9.17) is 5.73 Å². The average molecular weight is 387 g/mol. The molecule has 2 aromatic heterocycles. The summed E-state index contributed by atoms with van der Waals surface area (Å²) in [7, 11) is 0. The fourth-order valence-electron chi connectivity index (χ4n) is 2.59. The van der Waals surface area contributed by atoms with Crippen LogP contribution in [0.2, 0.25) is 0 Å². The molecule has 0 unspecified atom stereocenters. The zero-order valence-corrected chi connectivity index (χ0v) is 15.9. The van der Waals surface area contributed by atoms with Crippen molar-refractivity contribution in [3.63, 3.8) is 0 Å². The maximum atomic E-state index is 12.2. The Hall–Kier alpha value is -1.35. The van der Waals surface area contributed by atoms with E-state index < -0.39 is 0 Å². The Kier molecular flexibility index (Phi) is 5.74. The highest BCUT2D eigenvalue weighted by atomic mass is 35.5. The lowest BCUT2D eigenvalue weighted by Crippen LogP contribution is -2.26. The van der Waals surface area contributed by atoms with E-state index in [0.717, 1.165) is 17.1 Å². The number of carbonyl (C=O) groups is 2. The fourth-order valence-corrected chi connectivity index (χ4v) is 4.30. The average Bonchev–Trinajstić information content (AvgIpc) is 3.05. The van der Waals surface area contributed by atoms with E-state index in [1.54, 1.807) is 5.38 Å². The van der Waals surface area contributed by atoms with Crippen molar-refractivity contribution in [1.29, 1.82) is 0 Å². The van der Waals surface area contributed by atoms with Crippen LogP contribution in [0.3, 0.4) is 0 Å². The van der Waals surface area contributed by atoms with E-state index in [0.29, 0.717) is 35.1 Å². The molecule has 0 aromatic carbocycles. The molecule has 0 fully saturated rings. The van der Waals surface area contributed by atoms with Gasteiger partial charge < -0.3 is 5.73 Å². The number of halogens is 1. The molecule has 0 radical (unpaired) electrons. The molecule has 0 saturated heterocycles. The number of ketones is 1. The van der Waals surface area contributed by atoms with Crippen LogP contribution < -0.4 is 11.1 Å². The predicted octanol–water partition coefficient (Wildman–Crippen LogP) is 2.93. The molecule has 1 aliphatic rings. The van der Waals surface area contributed by atoms with Gasteiger partial charge in [0, 0.05) is 18.2 Å². The predicted molar refractivity (Wildman–Crippen MR) is 98.6 cm³/mol. The minimum Gasteiger partial charge on any atom is -0.330 e. The molecule has 24 heavy (non-hydrogen) atoms. The molecule has 0 atom stereocenters. The standard InChI is InChI=1S/C15H18N4O2S2.ClH/c1-15(2)5-8-12(10(20)6-15)23-14(18-8)19-13(21)9-7-22-11(17-9)3-4-16;/h7H,3-6,16H2,1-2H3,(H,18,19,21);1H. The van der Waals surface area contributed by atoms with Crippen molar-refractivity contribution in [3.05, 3.63) is 26.7 Å². The van der Waals surface area contributed by atoms with Crippen molar-refractivity contribution in [1.82, 2.24) is 9.97 Å². The van der Waals surface area contributed by atoms with Gasteiger partial charge in [0.15, 0.2) is 10.9 Å². The van der Waals surface area contributed by atoms with Gasteiger partial charge >= 0.3 is 0 Å². The van der Waals surface area contributed by atoms with Gasteiger partial charge in [-0.2, -0.15) is 0 Å². The summed E-state index contributed by atoms with van der Waals surface area (Å²) in [5.41, 5.74) is 6.55. The number of hydrogen-bond donors (Lipinski definition) is 2. The summed E-state index contributed by atoms with van der Waals surface area (Å²) in [5, 5.41) is 5.76. The van der Waals surface area contributed by atoms with E-state index >= 15 is 0 Å². The number of Topliss-reactive ketones (excluding diaryl/α,β-unsaturated/α-hetero) is 1. The van der Waals surface area contributed by atoms with E-state index in [-0.39, 0.29) is 29.5 Å². The Morgan fingerprint density at radius 2 is 2.12 bits per heavy atom. The molecule has 6 nitrogen and oxygen atoms in total. The van der Waals surface area contributed by atoms with Gasteiger partial charge in [0.2, 0.25) is 0 Å². The molecule has 1 aliphatic carbocycles. The molecule has 3 N–H and O–H groups in total. The minimum atomic E-state index is -0.303. The number of aromatic nitrogens is 2. The number of fused-ring (bicyclic) bond motifs is 1. The Bertz CT molecular complexity index is 769. The molecular formula is C15H19ClN4O2S2. The van der Waals surface area contributed by atoms with Crippen LogP contribution in [0.1, 0.15) is 51.1 Å². The topological polar surface area (TPSA) is 98.0 Å². The summed E-state index contributed by atoms with van der Waals surface area (Å²) < 4.78 is 0. The lowest BCUT2D eigenvalue weighted by molar-refractivity contribution is 0.0915. The lowest BCUT2D eigenvalue weighted by Gasteiger charge is -2.26. The Morgan fingerprint density at radius 1 is 1.38 bits per heavy atom. The highest BCUT2D eigenvalue weighted by Gasteiger charge is 2.34. The van der Waals surface area contributed by atoms with Crippen LogP contribution in [-0.4, -0.2) is 28.2 Å². The van der Waals surface area contributed by atoms with Gasteiger partial charge in [-0.3, -0.25) is 14.9 Å². The van der Waals surface area contributed by atoms with E-state index in [2.05, 4.69) is 29.1 Å². The van der Waals surface area contributed by atoms with Crippen molar-refractivity contribution >= 4 is 51.9 Å². The summed E-state index contributed by atoms with van der Waals surface area (Å²) in [6.45, 7) is 4.62. The summed E-state index contributed by atoms with van der Waals surface area (Å²) in [6, 6.07) is 0. The number of hydrogen-bond acceptors (Lipinski definition) is 7. The number of carbonyl (C=O) groups excluding carboxylic acids is 2. The molecule has 1 amide bonds. The van der Waals surface area contributed by atoms with Crippen LogP contribution in [-0.2, 0) is 12.8 Å². The van der Waals surface area contributed by atoms with Gasteiger partial charge in [-0.15, -0.1) is 23.7 Å². The van der Waals surface area contributed by atoms with Crippen molar-refractivity contribution in [2.75, 3.05) is 11.9 Å². The Labute approximate surface area is 154 Å². The third-order valence-corrected chi connectivity index (χ3v) is 5.56. The molecule has 3 rings (SSSR count). The first-order chi connectivity index (χ1) is 10.9. The van der Waals surface area contributed by atoms with E-state index in [1.165, 1.54) is 22.7 Å². The molecule has 2 aromatic rings. The number of nitrogens with zero attached hydrogens (tertiary/aromatic N) is 2. The third kappa shape index (κ3) is 4.00. The van der Waals surface area contributed by atoms with Gasteiger partial charge in [-0.25, -0.2) is 9.97 Å². The molecule has 0 saturated carbocycles. The highest BCUT2D eigenvalue weighted by molar-refractivity contribution is 7.17. The zero-order valence-electron chi connectivity index (χ0n) is 13.4. The molecular weight excluding hydrogens is 368 g/mol. The summed E-state index contributed by atoms with van der Waals surface area (Å²) >= 11 is 2.66. The second-order valence-electron chi connectivity index (χ2n) is 6.36. The third-order valence-electron chi connectivity index (χ3n) is 3.60. The van der Waals surface area contributed by atoms with Crippen molar-refractivity contribution in [2.45, 2.75) is 33.1 Å². The first-order valence-corrected chi connectivity index (χ1v) is 9.06. The van der Waals surface area contributed by atoms with E-state index in [1.807, 2.05) is 0 Å². The van der Waals surface area contributed by atoms with Crippen molar-refractivity contribution in [2.24, 2.45) is 11.1 Å². The van der Waals surface area contributed by atoms with Crippen LogP contribution in [0.25, 0.3) is 0 Å². The molecule has 0 spiro atoms. The molecule has 0 bridgehead atoms. The molecule has 130 valence electrons. The SMILES string of the molecule is CC1(C)CC(=O)c2sc(NC(=O)c3csc(CCN)n3)nc2C1.Cl. The van der Waals surface area contributed by atoms with Crippen LogP contribution >= 0.6 is 35.1 Å². The van der Waals surface area contributed by atoms with Gasteiger partial charge in [-0.1, -0.05) is 25.2 Å². The normalized spacial score (nSPS) is 15.5. The maximum Gasteiger partial charge on any atom is 0.276 e. The highest BCUT2D eigenvalue weighted by Crippen LogP contribution is 2.38. The number of nitrogens with two attached hydrogens (primary N) is 1. The van der Waals surface area contributed by atoms with E-state index in [9.17, 15) is 9.59 Å². The molecule has 2 heterocycles. The maximum absolute atomic E-state index is 12.2. The number of thiazole rings is 2. The number of amides is 1. The number of rotatable bonds is 4. The number of anilines is 1. The summed E-state index contributed by atoms with van der Waals surface area (Å²) in [4.78, 5) is 33.8. The molecule has 9 heteroatoms. The Morgan fingerprint density at radius 3 is 2.83 bits per heavy atom. The van der Waals surface area contributed by atoms with Gasteiger partial charge in [0.25, 0.3) is 5.91 Å². The minimum absolute atomic E-state index is 0. The first kappa shape index (κ1) is 19.0. The molecule has 0 aliphatic heterocycles. The van der Waals surface area contributed by atoms with Gasteiger partial charge in [0.1, 0.15) is 5.69 Å². The van der Waals surface area contributed by atoms with Crippen LogP contribution in [0.15, 0.2) is 5.38 Å². The zero-order chi connectivity index (χ0) is 16.6. The first-order valence-electron chi connectivity index (χ1n) is 7.37. The summed E-state index contributed by atoms with van der Waals surface area (Å²) in [6.07, 6.45) is 1.93. The van der Waals surface area contributed by atoms with Crippen LogP contribution in [0.5, 0.6) is 0 Å². The lowest BCUT2D eigenvalue weighted by atomic mass is 9.78. The summed E-state index contributed by atoms with van der Waals surface area (Å²) in [5.74, 6) is -0.199. The van der Waals surface area contributed by atoms with Gasteiger partial charge in [-0.05, 0) is 18.4 Å². The Balaban J connectivity index is 0.00000208. The quantitative estimate of drug-likeness (QED) is 0.841. The second kappa shape index (κ2) is 7.26. The fraction of sp³-hybridized carbons (Fsp3) is 0.467. The van der Waals surface area contributed by atoms with Crippen molar-refractivity contribution < 1.29 is 9.59 Å². The van der Waals surface area contributed by atoms with Gasteiger partial charge in [0.05, 0.1) is 15.6 Å². The van der Waals surface area contributed by atoms with Crippen molar-refractivity contribution in [3.8, 4) is 0 Å². The monoisotopic (exact) mass is 386 g/mol. The second-order valence-corrected chi connectivity index (χ2v) is 8.30. The number of nitrogens with one attached hydrogen (secondary N) is 1. The van der Waals surface area contributed by atoms with Crippen LogP contribution in [0, 0.1) is 5.41 Å². The smallest absolute Gasteiger partial charge is 0.276 e.